The summed E-state index contributed by atoms with van der Waals surface area (Å²) < 4.78 is 17.9. The monoisotopic (exact) mass is 350 g/mol. The summed E-state index contributed by atoms with van der Waals surface area (Å²) in [5, 5.41) is 3.39. The van der Waals surface area contributed by atoms with Gasteiger partial charge in [0, 0.05) is 13.7 Å². The van der Waals surface area contributed by atoms with Crippen LogP contribution in [0.1, 0.15) is 19.3 Å². The van der Waals surface area contributed by atoms with E-state index >= 15 is 0 Å². The lowest BCUT2D eigenvalue weighted by atomic mass is 9.95. The van der Waals surface area contributed by atoms with E-state index in [1.54, 1.807) is 14.2 Å². The molecule has 0 amide bonds. The van der Waals surface area contributed by atoms with Crippen molar-refractivity contribution >= 4 is 17.0 Å². The molecular weight excluding hydrogens is 324 g/mol. The van der Waals surface area contributed by atoms with Crippen LogP contribution >= 0.6 is 0 Å². The summed E-state index contributed by atoms with van der Waals surface area (Å²) in [6.45, 7) is 3.76. The van der Waals surface area contributed by atoms with Crippen molar-refractivity contribution in [2.24, 2.45) is 5.92 Å². The summed E-state index contributed by atoms with van der Waals surface area (Å²) >= 11 is 0. The molecule has 1 aliphatic rings. The summed E-state index contributed by atoms with van der Waals surface area (Å²) in [5.74, 6) is 0.983. The van der Waals surface area contributed by atoms with E-state index < -0.39 is 0 Å². The summed E-state index contributed by atoms with van der Waals surface area (Å²) in [5.41, 5.74) is 7.22. The molecule has 1 aliphatic heterocycles. The third-order valence-corrected chi connectivity index (χ3v) is 4.49. The highest BCUT2D eigenvalue weighted by atomic mass is 16.5. The lowest BCUT2D eigenvalue weighted by Crippen LogP contribution is -2.28. The van der Waals surface area contributed by atoms with Gasteiger partial charge in [0.2, 0.25) is 0 Å². The molecule has 25 heavy (non-hydrogen) atoms. The van der Waals surface area contributed by atoms with E-state index in [1.165, 1.54) is 12.8 Å². The number of nitrogens with one attached hydrogen (secondary N) is 1. The maximum Gasteiger partial charge on any atom is 0.320 e. The Morgan fingerprint density at radius 1 is 1.16 bits per heavy atom. The Balaban J connectivity index is 1.83. The van der Waals surface area contributed by atoms with Crippen molar-refractivity contribution in [2.45, 2.75) is 25.8 Å². The zero-order valence-corrected chi connectivity index (χ0v) is 14.8. The Bertz CT molecular complexity index is 699. The van der Waals surface area contributed by atoms with Crippen LogP contribution in [-0.4, -0.2) is 60.0 Å². The molecule has 138 valence electrons. The molecule has 3 heterocycles. The fraction of sp³-hybridized carbons (Fsp3) is 0.688. The lowest BCUT2D eigenvalue weighted by Gasteiger charge is -2.22. The highest BCUT2D eigenvalue weighted by Crippen LogP contribution is 2.27. The fourth-order valence-corrected chi connectivity index (χ4v) is 3.10. The summed E-state index contributed by atoms with van der Waals surface area (Å²) in [6.07, 6.45) is 3.43. The van der Waals surface area contributed by atoms with Crippen LogP contribution < -0.4 is 20.5 Å². The molecule has 0 spiro atoms. The maximum absolute atomic E-state index is 6.04. The van der Waals surface area contributed by atoms with E-state index in [-0.39, 0.29) is 11.8 Å². The number of aromatic nitrogens is 4. The average Bonchev–Trinajstić information content (AvgIpc) is 2.99. The molecule has 1 fully saturated rings. The molecule has 9 heteroatoms. The minimum atomic E-state index is 0.229. The Labute approximate surface area is 146 Å². The number of hydrogen-bond donors (Lipinski definition) is 2. The Kier molecular flexibility index (Phi) is 5.87. The number of aryl methyl sites for hydroxylation is 1. The number of imidazole rings is 1. The maximum atomic E-state index is 6.04. The van der Waals surface area contributed by atoms with Gasteiger partial charge in [0.05, 0.1) is 13.7 Å². The van der Waals surface area contributed by atoms with Gasteiger partial charge in [0.25, 0.3) is 6.01 Å². The second-order valence-electron chi connectivity index (χ2n) is 6.14. The first-order valence-corrected chi connectivity index (χ1v) is 8.63. The van der Waals surface area contributed by atoms with E-state index in [0.717, 1.165) is 26.1 Å². The van der Waals surface area contributed by atoms with E-state index in [2.05, 4.69) is 20.3 Å². The SMILES string of the molecule is COCCOc1nc(N)c2nc(OC)n(CCC3CCNCC3)c2n1. The van der Waals surface area contributed by atoms with Gasteiger partial charge in [-0.25, -0.2) is 0 Å². The molecular formula is C16H26N6O3. The highest BCUT2D eigenvalue weighted by Gasteiger charge is 2.20. The molecule has 2 aromatic heterocycles. The molecule has 0 radical (unpaired) electrons. The Morgan fingerprint density at radius 2 is 1.96 bits per heavy atom. The minimum Gasteiger partial charge on any atom is -0.468 e. The molecule has 0 aromatic carbocycles. The molecule has 3 N–H and O–H groups in total. The number of nitrogen functional groups attached to an aromatic ring is 1. The van der Waals surface area contributed by atoms with Gasteiger partial charge >= 0.3 is 6.01 Å². The van der Waals surface area contributed by atoms with Crippen molar-refractivity contribution in [1.82, 2.24) is 24.8 Å². The largest absolute Gasteiger partial charge is 0.468 e. The van der Waals surface area contributed by atoms with Crippen LogP contribution in [-0.2, 0) is 11.3 Å². The van der Waals surface area contributed by atoms with Crippen LogP contribution in [0.3, 0.4) is 0 Å². The van der Waals surface area contributed by atoms with E-state index in [0.29, 0.717) is 36.3 Å². The van der Waals surface area contributed by atoms with Gasteiger partial charge in [-0.1, -0.05) is 0 Å². The van der Waals surface area contributed by atoms with Gasteiger partial charge in [0.1, 0.15) is 6.61 Å². The Morgan fingerprint density at radius 3 is 2.68 bits per heavy atom. The first-order valence-electron chi connectivity index (χ1n) is 8.63. The van der Waals surface area contributed by atoms with Crippen LogP contribution in [0, 0.1) is 5.92 Å². The quantitative estimate of drug-likeness (QED) is 0.674. The van der Waals surface area contributed by atoms with Crippen LogP contribution in [0.5, 0.6) is 12.0 Å². The van der Waals surface area contributed by atoms with Crippen LogP contribution in [0.15, 0.2) is 0 Å². The summed E-state index contributed by atoms with van der Waals surface area (Å²) in [4.78, 5) is 13.1. The first-order chi connectivity index (χ1) is 12.2. The molecule has 2 aromatic rings. The standard InChI is InChI=1S/C16H26N6O3/c1-23-9-10-25-15-20-13(17)12-14(21-15)22(16(19-12)24-2)8-5-11-3-6-18-7-4-11/h11,18H,3-10H2,1-2H3,(H2,17,20,21). The number of rotatable bonds is 8. The van der Waals surface area contributed by atoms with E-state index in [1.807, 2.05) is 4.57 Å². The van der Waals surface area contributed by atoms with Crippen LogP contribution in [0.2, 0.25) is 0 Å². The predicted molar refractivity (Wildman–Crippen MR) is 93.9 cm³/mol. The molecule has 0 aliphatic carbocycles. The van der Waals surface area contributed by atoms with Gasteiger partial charge in [-0.15, -0.1) is 0 Å². The number of piperidine rings is 1. The van der Waals surface area contributed by atoms with E-state index in [4.69, 9.17) is 19.9 Å². The topological polar surface area (TPSA) is 109 Å². The third kappa shape index (κ3) is 4.10. The van der Waals surface area contributed by atoms with Crippen LogP contribution in [0.25, 0.3) is 11.2 Å². The molecule has 0 bridgehead atoms. The molecule has 3 rings (SSSR count). The van der Waals surface area contributed by atoms with Gasteiger partial charge in [0.15, 0.2) is 17.0 Å². The molecule has 0 saturated carbocycles. The van der Waals surface area contributed by atoms with Crippen molar-refractivity contribution in [2.75, 3.05) is 46.3 Å². The van der Waals surface area contributed by atoms with Crippen molar-refractivity contribution in [3.05, 3.63) is 0 Å². The minimum absolute atomic E-state index is 0.229. The smallest absolute Gasteiger partial charge is 0.320 e. The summed E-state index contributed by atoms with van der Waals surface area (Å²) in [6, 6.07) is 0.728. The third-order valence-electron chi connectivity index (χ3n) is 4.49. The van der Waals surface area contributed by atoms with Gasteiger partial charge < -0.3 is 25.3 Å². The number of fused-ring (bicyclic) bond motifs is 1. The Hall–Kier alpha value is -2.13. The highest BCUT2D eigenvalue weighted by molar-refractivity contribution is 5.83. The zero-order chi connectivity index (χ0) is 17.6. The molecule has 9 nitrogen and oxygen atoms in total. The van der Waals surface area contributed by atoms with Crippen molar-refractivity contribution in [3.8, 4) is 12.0 Å². The van der Waals surface area contributed by atoms with Gasteiger partial charge in [-0.05, 0) is 38.3 Å². The number of nitrogens with zero attached hydrogens (tertiary/aromatic N) is 4. The van der Waals surface area contributed by atoms with Gasteiger partial charge in [-0.2, -0.15) is 15.0 Å². The summed E-state index contributed by atoms with van der Waals surface area (Å²) in [7, 11) is 3.21. The van der Waals surface area contributed by atoms with Crippen LogP contribution in [0.4, 0.5) is 5.82 Å². The van der Waals surface area contributed by atoms with Crippen molar-refractivity contribution < 1.29 is 14.2 Å². The fourth-order valence-electron chi connectivity index (χ4n) is 3.10. The van der Waals surface area contributed by atoms with Crippen molar-refractivity contribution in [3.63, 3.8) is 0 Å². The molecule has 1 saturated heterocycles. The average molecular weight is 350 g/mol. The first kappa shape index (κ1) is 17.7. The lowest BCUT2D eigenvalue weighted by molar-refractivity contribution is 0.141. The van der Waals surface area contributed by atoms with Gasteiger partial charge in [-0.3, -0.25) is 4.57 Å². The van der Waals surface area contributed by atoms with E-state index in [9.17, 15) is 0 Å². The normalized spacial score (nSPS) is 15.6. The molecule has 0 unspecified atom stereocenters. The van der Waals surface area contributed by atoms with Crippen molar-refractivity contribution in [1.29, 1.82) is 0 Å². The molecule has 0 atom stereocenters. The number of methoxy groups -OCH3 is 2. The number of nitrogens with two attached hydrogens (primary N) is 1. The second-order valence-corrected chi connectivity index (χ2v) is 6.14. The number of hydrogen-bond acceptors (Lipinski definition) is 8. The number of anilines is 1. The zero-order valence-electron chi connectivity index (χ0n) is 14.8. The number of ether oxygens (including phenoxy) is 3. The second kappa shape index (κ2) is 8.30. The predicted octanol–water partition coefficient (Wildman–Crippen LogP) is 0.832.